The van der Waals surface area contributed by atoms with Gasteiger partial charge in [-0.2, -0.15) is 13.2 Å². The van der Waals surface area contributed by atoms with Crippen LogP contribution in [0.2, 0.25) is 0 Å². The molecule has 0 fully saturated rings. The highest BCUT2D eigenvalue weighted by atomic mass is 127. The molecule has 1 N–H and O–H groups in total. The van der Waals surface area contributed by atoms with Crippen LogP contribution in [0.25, 0.3) is 0 Å². The second kappa shape index (κ2) is 4.24. The van der Waals surface area contributed by atoms with E-state index in [4.69, 9.17) is 3.07 Å². The van der Waals surface area contributed by atoms with Crippen molar-refractivity contribution in [3.8, 4) is 5.75 Å². The van der Waals surface area contributed by atoms with Crippen LogP contribution in [-0.2, 0) is 6.18 Å². The van der Waals surface area contributed by atoms with Crippen LogP contribution in [0.1, 0.15) is 5.56 Å². The van der Waals surface area contributed by atoms with Gasteiger partial charge < -0.3 is 8.38 Å². The Bertz CT molecular complexity index is 305. The predicted molar refractivity (Wildman–Crippen MR) is 55.6 cm³/mol. The fourth-order valence-electron chi connectivity index (χ4n) is 0.952. The second-order valence-electron chi connectivity index (χ2n) is 2.57. The minimum atomic E-state index is -4.35. The Morgan fingerprint density at radius 1 is 1.29 bits per heavy atom. The number of anilines is 1. The molecule has 0 aromatic heterocycles. The van der Waals surface area contributed by atoms with Gasteiger partial charge in [-0.05, 0) is 12.1 Å². The molecule has 78 valence electrons. The third-order valence-corrected chi connectivity index (χ3v) is 2.12. The first-order valence-corrected chi connectivity index (χ1v) is 4.54. The van der Waals surface area contributed by atoms with Gasteiger partial charge in [0.05, 0.1) is 5.56 Å². The van der Waals surface area contributed by atoms with E-state index >= 15 is 0 Å². The predicted octanol–water partition coefficient (Wildman–Crippen LogP) is 3.48. The average molecular weight is 317 g/mol. The quantitative estimate of drug-likeness (QED) is 0.843. The van der Waals surface area contributed by atoms with Crippen LogP contribution in [0, 0.1) is 0 Å². The maximum atomic E-state index is 12.3. The topological polar surface area (TPSA) is 21.3 Å². The highest BCUT2D eigenvalue weighted by molar-refractivity contribution is 14.1. The Morgan fingerprint density at radius 2 is 1.93 bits per heavy atom. The van der Waals surface area contributed by atoms with Crippen molar-refractivity contribution in [1.82, 2.24) is 0 Å². The molecule has 0 radical (unpaired) electrons. The molecule has 0 aliphatic carbocycles. The summed E-state index contributed by atoms with van der Waals surface area (Å²) in [6.45, 7) is 0. The Kier molecular flexibility index (Phi) is 3.46. The minimum absolute atomic E-state index is 0.171. The molecule has 0 unspecified atom stereocenters. The molecule has 1 aromatic carbocycles. The summed E-state index contributed by atoms with van der Waals surface area (Å²) in [5.74, 6) is 0.171. The summed E-state index contributed by atoms with van der Waals surface area (Å²) >= 11 is 1.54. The summed E-state index contributed by atoms with van der Waals surface area (Å²) in [5, 5.41) is 2.63. The van der Waals surface area contributed by atoms with Gasteiger partial charge in [0.2, 0.25) is 0 Å². The number of hydrogen-bond donors (Lipinski definition) is 1. The number of nitrogens with one attached hydrogen (secondary N) is 1. The Labute approximate surface area is 93.1 Å². The monoisotopic (exact) mass is 317 g/mol. The van der Waals surface area contributed by atoms with Gasteiger partial charge in [-0.25, -0.2) is 0 Å². The molecule has 0 saturated heterocycles. The van der Waals surface area contributed by atoms with Gasteiger partial charge in [0, 0.05) is 18.8 Å². The van der Waals surface area contributed by atoms with E-state index in [1.165, 1.54) is 29.1 Å². The number of rotatable bonds is 2. The van der Waals surface area contributed by atoms with E-state index in [1.807, 2.05) is 0 Å². The van der Waals surface area contributed by atoms with Crippen molar-refractivity contribution in [3.05, 3.63) is 23.8 Å². The molecule has 0 aliphatic heterocycles. The molecule has 6 heteroatoms. The number of halogens is 4. The number of benzene rings is 1. The molecule has 1 aromatic rings. The zero-order valence-corrected chi connectivity index (χ0v) is 9.31. The van der Waals surface area contributed by atoms with E-state index in [1.54, 1.807) is 7.05 Å². The van der Waals surface area contributed by atoms with Crippen LogP contribution < -0.4 is 8.38 Å². The fourth-order valence-corrected chi connectivity index (χ4v) is 1.21. The SMILES string of the molecule is CNc1cc(OI)cc(C(F)(F)F)c1. The molecule has 14 heavy (non-hydrogen) atoms. The summed E-state index contributed by atoms with van der Waals surface area (Å²) in [7, 11) is 1.55. The van der Waals surface area contributed by atoms with E-state index < -0.39 is 11.7 Å². The molecule has 0 bridgehead atoms. The third kappa shape index (κ3) is 2.66. The second-order valence-corrected chi connectivity index (χ2v) is 3.01. The van der Waals surface area contributed by atoms with Crippen molar-refractivity contribution in [1.29, 1.82) is 0 Å². The Balaban J connectivity index is 3.17. The van der Waals surface area contributed by atoms with Crippen LogP contribution in [0.15, 0.2) is 18.2 Å². The molecule has 0 saturated carbocycles. The highest BCUT2D eigenvalue weighted by Crippen LogP contribution is 2.34. The van der Waals surface area contributed by atoms with Crippen LogP contribution in [0.5, 0.6) is 5.75 Å². The van der Waals surface area contributed by atoms with Crippen LogP contribution in [-0.4, -0.2) is 7.05 Å². The van der Waals surface area contributed by atoms with Gasteiger partial charge >= 0.3 is 6.18 Å². The van der Waals surface area contributed by atoms with Gasteiger partial charge in [-0.15, -0.1) is 0 Å². The van der Waals surface area contributed by atoms with Crippen LogP contribution in [0.3, 0.4) is 0 Å². The largest absolute Gasteiger partial charge is 0.428 e. The molecular formula is C8H7F3INO. The third-order valence-electron chi connectivity index (χ3n) is 1.61. The molecule has 1 rings (SSSR count). The van der Waals surface area contributed by atoms with E-state index in [2.05, 4.69) is 5.32 Å². The normalized spacial score (nSPS) is 11.2. The van der Waals surface area contributed by atoms with Gasteiger partial charge in [-0.3, -0.25) is 0 Å². The van der Waals surface area contributed by atoms with Gasteiger partial charge in [-0.1, -0.05) is 0 Å². The molecule has 0 spiro atoms. The highest BCUT2D eigenvalue weighted by Gasteiger charge is 2.31. The van der Waals surface area contributed by atoms with Crippen LogP contribution in [0.4, 0.5) is 18.9 Å². The Hall–Kier alpha value is -0.660. The zero-order chi connectivity index (χ0) is 10.8. The molecule has 2 nitrogen and oxygen atoms in total. The van der Waals surface area contributed by atoms with Crippen molar-refractivity contribution in [3.63, 3.8) is 0 Å². The Morgan fingerprint density at radius 3 is 2.36 bits per heavy atom. The lowest BCUT2D eigenvalue weighted by molar-refractivity contribution is -0.137. The fraction of sp³-hybridized carbons (Fsp3) is 0.250. The van der Waals surface area contributed by atoms with Gasteiger partial charge in [0.15, 0.2) is 23.0 Å². The lowest BCUT2D eigenvalue weighted by atomic mass is 10.2. The lowest BCUT2D eigenvalue weighted by Crippen LogP contribution is -2.05. The first-order valence-electron chi connectivity index (χ1n) is 3.66. The molecule has 0 heterocycles. The first kappa shape index (κ1) is 11.4. The first-order chi connectivity index (χ1) is 6.47. The molecule has 0 atom stereocenters. The summed E-state index contributed by atoms with van der Waals surface area (Å²) in [5.41, 5.74) is -0.359. The van der Waals surface area contributed by atoms with Crippen molar-refractivity contribution in [2.75, 3.05) is 12.4 Å². The summed E-state index contributed by atoms with van der Waals surface area (Å²) < 4.78 is 41.7. The number of hydrogen-bond acceptors (Lipinski definition) is 2. The van der Waals surface area contributed by atoms with Crippen molar-refractivity contribution in [2.45, 2.75) is 6.18 Å². The zero-order valence-electron chi connectivity index (χ0n) is 7.15. The molecule has 0 amide bonds. The van der Waals surface area contributed by atoms with Crippen molar-refractivity contribution in [2.24, 2.45) is 0 Å². The van der Waals surface area contributed by atoms with Gasteiger partial charge in [0.1, 0.15) is 5.75 Å². The van der Waals surface area contributed by atoms with E-state index in [9.17, 15) is 13.2 Å². The van der Waals surface area contributed by atoms with E-state index in [0.717, 1.165) is 12.1 Å². The van der Waals surface area contributed by atoms with Crippen molar-refractivity contribution < 1.29 is 16.2 Å². The van der Waals surface area contributed by atoms with E-state index in [-0.39, 0.29) is 5.75 Å². The summed E-state index contributed by atoms with van der Waals surface area (Å²) in [6.07, 6.45) is -4.35. The van der Waals surface area contributed by atoms with Gasteiger partial charge in [0.25, 0.3) is 0 Å². The minimum Gasteiger partial charge on any atom is -0.428 e. The smallest absolute Gasteiger partial charge is 0.416 e. The van der Waals surface area contributed by atoms with Crippen molar-refractivity contribution >= 4 is 28.7 Å². The van der Waals surface area contributed by atoms with E-state index in [0.29, 0.717) is 5.69 Å². The summed E-state index contributed by atoms with van der Waals surface area (Å²) in [4.78, 5) is 0. The standard InChI is InChI=1S/C8H7F3INO/c1-13-6-2-5(8(9,10)11)3-7(4-6)14-12/h2-4,13H,1H3. The lowest BCUT2D eigenvalue weighted by Gasteiger charge is -2.10. The number of alkyl halides is 3. The molecular weight excluding hydrogens is 310 g/mol. The average Bonchev–Trinajstić information content (AvgIpc) is 2.15. The summed E-state index contributed by atoms with van der Waals surface area (Å²) in [6, 6.07) is 3.47. The maximum Gasteiger partial charge on any atom is 0.416 e. The maximum absolute atomic E-state index is 12.3. The van der Waals surface area contributed by atoms with Crippen LogP contribution >= 0.6 is 23.0 Å². The molecule has 0 aliphatic rings.